The third-order valence-corrected chi connectivity index (χ3v) is 7.03. The van der Waals surface area contributed by atoms with Crippen molar-refractivity contribution in [3.63, 3.8) is 0 Å². The Morgan fingerprint density at radius 3 is 2.46 bits per heavy atom. The monoisotopic (exact) mass is 371 g/mol. The van der Waals surface area contributed by atoms with E-state index in [0.717, 1.165) is 35.7 Å². The van der Waals surface area contributed by atoms with Crippen molar-refractivity contribution in [2.24, 2.45) is 0 Å². The quantitative estimate of drug-likeness (QED) is 0.720. The number of rotatable bonds is 7. The average molecular weight is 372 g/mol. The molecular formula is C21H29NO3Si. The van der Waals surface area contributed by atoms with Crippen LogP contribution in [-0.4, -0.2) is 42.6 Å². The summed E-state index contributed by atoms with van der Waals surface area (Å²) in [5.74, 6) is 0.0394. The smallest absolute Gasteiger partial charge is 0.362 e. The van der Waals surface area contributed by atoms with Crippen LogP contribution in [0.3, 0.4) is 0 Å². The number of carbonyl (C=O) groups is 1. The first-order chi connectivity index (χ1) is 12.2. The van der Waals surface area contributed by atoms with Gasteiger partial charge in [0.05, 0.1) is 0 Å². The lowest BCUT2D eigenvalue weighted by Gasteiger charge is -2.17. The van der Waals surface area contributed by atoms with E-state index in [1.54, 1.807) is 16.7 Å². The van der Waals surface area contributed by atoms with Gasteiger partial charge in [-0.1, -0.05) is 51.5 Å². The summed E-state index contributed by atoms with van der Waals surface area (Å²) in [6, 6.07) is 11.6. The van der Waals surface area contributed by atoms with E-state index in [1.807, 2.05) is 57.3 Å². The van der Waals surface area contributed by atoms with Gasteiger partial charge in [-0.2, -0.15) is 0 Å². The van der Waals surface area contributed by atoms with Crippen molar-refractivity contribution in [3.05, 3.63) is 53.2 Å². The SMILES string of the molecule is CCCCN(C)C(=O)c1ccc2cc(C=C[Si](O)(O)C(C)C)ccc2c1. The molecule has 0 atom stereocenters. The highest BCUT2D eigenvalue weighted by Gasteiger charge is 2.29. The minimum absolute atomic E-state index is 0.0394. The Hall–Kier alpha value is -1.95. The van der Waals surface area contributed by atoms with Gasteiger partial charge in [-0.25, -0.2) is 0 Å². The van der Waals surface area contributed by atoms with Gasteiger partial charge in [0.15, 0.2) is 0 Å². The van der Waals surface area contributed by atoms with Crippen molar-refractivity contribution in [1.29, 1.82) is 0 Å². The maximum atomic E-state index is 12.5. The molecular weight excluding hydrogens is 342 g/mol. The number of benzene rings is 2. The Balaban J connectivity index is 2.22. The van der Waals surface area contributed by atoms with Crippen LogP contribution in [0.25, 0.3) is 16.8 Å². The maximum Gasteiger partial charge on any atom is 0.362 e. The number of hydrogen-bond donors (Lipinski definition) is 2. The maximum absolute atomic E-state index is 12.5. The predicted octanol–water partition coefficient (Wildman–Crippen LogP) is 4.10. The van der Waals surface area contributed by atoms with E-state index in [1.165, 1.54) is 0 Å². The van der Waals surface area contributed by atoms with Crippen LogP contribution in [0.4, 0.5) is 0 Å². The number of carbonyl (C=O) groups excluding carboxylic acids is 1. The topological polar surface area (TPSA) is 60.8 Å². The zero-order chi connectivity index (χ0) is 19.3. The molecule has 0 spiro atoms. The van der Waals surface area contributed by atoms with E-state index >= 15 is 0 Å². The van der Waals surface area contributed by atoms with Crippen molar-refractivity contribution in [2.75, 3.05) is 13.6 Å². The molecule has 0 bridgehead atoms. The molecule has 1 amide bonds. The molecule has 4 nitrogen and oxygen atoms in total. The average Bonchev–Trinajstić information content (AvgIpc) is 2.63. The standard InChI is InChI=1S/C21H29NO3Si/c1-5-6-12-22(4)21(23)20-10-9-18-14-17(7-8-19(18)15-20)11-13-26(24,25)16(2)3/h7-11,13-16,24-25H,5-6,12H2,1-4H3. The first-order valence-corrected chi connectivity index (χ1v) is 11.2. The van der Waals surface area contributed by atoms with Gasteiger partial charge in [-0.3, -0.25) is 4.79 Å². The fourth-order valence-electron chi connectivity index (χ4n) is 2.63. The second-order valence-corrected chi connectivity index (χ2v) is 10.2. The van der Waals surface area contributed by atoms with Gasteiger partial charge in [-0.15, -0.1) is 0 Å². The lowest BCUT2D eigenvalue weighted by atomic mass is 10.0. The van der Waals surface area contributed by atoms with Crippen LogP contribution in [0.5, 0.6) is 0 Å². The van der Waals surface area contributed by atoms with Gasteiger partial charge in [0.25, 0.3) is 5.91 Å². The minimum atomic E-state index is -3.31. The minimum Gasteiger partial charge on any atom is -0.408 e. The molecule has 2 aromatic carbocycles. The molecule has 2 rings (SSSR count). The molecule has 0 fully saturated rings. The summed E-state index contributed by atoms with van der Waals surface area (Å²) in [6.45, 7) is 6.50. The van der Waals surface area contributed by atoms with Crippen LogP contribution in [0.2, 0.25) is 5.54 Å². The van der Waals surface area contributed by atoms with Crippen molar-refractivity contribution in [3.8, 4) is 0 Å². The number of amides is 1. The van der Waals surface area contributed by atoms with Gasteiger partial charge < -0.3 is 14.5 Å². The molecule has 140 valence electrons. The van der Waals surface area contributed by atoms with E-state index in [4.69, 9.17) is 0 Å². The van der Waals surface area contributed by atoms with Crippen LogP contribution < -0.4 is 0 Å². The Bertz CT molecular complexity index is 799. The summed E-state index contributed by atoms with van der Waals surface area (Å²) >= 11 is 0. The molecule has 0 aliphatic rings. The molecule has 5 heteroatoms. The fourth-order valence-corrected chi connectivity index (χ4v) is 3.45. The van der Waals surface area contributed by atoms with E-state index in [0.29, 0.717) is 5.56 Å². The van der Waals surface area contributed by atoms with Crippen LogP contribution in [0.1, 0.15) is 49.5 Å². The molecule has 0 aromatic heterocycles. The number of unbranched alkanes of at least 4 members (excludes halogenated alkanes) is 1. The predicted molar refractivity (Wildman–Crippen MR) is 110 cm³/mol. The molecule has 0 aliphatic heterocycles. The van der Waals surface area contributed by atoms with Gasteiger partial charge in [-0.05, 0) is 46.7 Å². The van der Waals surface area contributed by atoms with Gasteiger partial charge in [0.1, 0.15) is 0 Å². The van der Waals surface area contributed by atoms with Crippen molar-refractivity contribution >= 4 is 31.3 Å². The lowest BCUT2D eigenvalue weighted by molar-refractivity contribution is 0.0793. The number of hydrogen-bond acceptors (Lipinski definition) is 3. The van der Waals surface area contributed by atoms with Crippen molar-refractivity contribution < 1.29 is 14.4 Å². The second kappa shape index (κ2) is 8.62. The first kappa shape index (κ1) is 20.4. The van der Waals surface area contributed by atoms with Crippen LogP contribution >= 0.6 is 0 Å². The van der Waals surface area contributed by atoms with Crippen LogP contribution in [-0.2, 0) is 0 Å². The highest BCUT2D eigenvalue weighted by Crippen LogP contribution is 2.21. The normalized spacial score (nSPS) is 12.3. The zero-order valence-electron chi connectivity index (χ0n) is 16.1. The molecule has 2 N–H and O–H groups in total. The molecule has 0 saturated carbocycles. The van der Waals surface area contributed by atoms with E-state index in [-0.39, 0.29) is 11.4 Å². The Kier molecular flexibility index (Phi) is 6.75. The second-order valence-electron chi connectivity index (χ2n) is 7.17. The number of fused-ring (bicyclic) bond motifs is 1. The Morgan fingerprint density at radius 2 is 1.81 bits per heavy atom. The number of nitrogens with zero attached hydrogens (tertiary/aromatic N) is 1. The summed E-state index contributed by atoms with van der Waals surface area (Å²) in [6.07, 6.45) is 3.83. The van der Waals surface area contributed by atoms with Crippen LogP contribution in [0.15, 0.2) is 42.1 Å². The summed E-state index contributed by atoms with van der Waals surface area (Å²) in [5.41, 5.74) is 2.99. The third kappa shape index (κ3) is 5.03. The van der Waals surface area contributed by atoms with E-state index in [9.17, 15) is 14.4 Å². The van der Waals surface area contributed by atoms with Gasteiger partial charge in [0.2, 0.25) is 0 Å². The highest BCUT2D eigenvalue weighted by atomic mass is 28.4. The lowest BCUT2D eigenvalue weighted by Crippen LogP contribution is -2.35. The molecule has 2 aromatic rings. The first-order valence-electron chi connectivity index (χ1n) is 9.18. The Morgan fingerprint density at radius 1 is 1.15 bits per heavy atom. The molecule has 26 heavy (non-hydrogen) atoms. The summed E-state index contributed by atoms with van der Waals surface area (Å²) in [5, 5.41) is 2.02. The molecule has 0 unspecified atom stereocenters. The molecule has 0 aliphatic carbocycles. The zero-order valence-corrected chi connectivity index (χ0v) is 17.1. The van der Waals surface area contributed by atoms with Crippen molar-refractivity contribution in [1.82, 2.24) is 4.90 Å². The van der Waals surface area contributed by atoms with E-state index in [2.05, 4.69) is 6.92 Å². The largest absolute Gasteiger partial charge is 0.408 e. The highest BCUT2D eigenvalue weighted by molar-refractivity contribution is 6.72. The fraction of sp³-hybridized carbons (Fsp3) is 0.381. The molecule has 0 radical (unpaired) electrons. The Labute approximate surface area is 157 Å². The van der Waals surface area contributed by atoms with Crippen molar-refractivity contribution in [2.45, 2.75) is 39.2 Å². The molecule has 0 saturated heterocycles. The van der Waals surface area contributed by atoms with Gasteiger partial charge in [0, 0.05) is 24.7 Å². The van der Waals surface area contributed by atoms with Gasteiger partial charge >= 0.3 is 8.56 Å². The van der Waals surface area contributed by atoms with Crippen LogP contribution in [0, 0.1) is 0 Å². The molecule has 0 heterocycles. The summed E-state index contributed by atoms with van der Waals surface area (Å²) in [4.78, 5) is 34.4. The van der Waals surface area contributed by atoms with E-state index < -0.39 is 8.56 Å². The summed E-state index contributed by atoms with van der Waals surface area (Å²) < 4.78 is 0. The summed E-state index contributed by atoms with van der Waals surface area (Å²) in [7, 11) is -1.47. The third-order valence-electron chi connectivity index (χ3n) is 4.68.